The molecular formula is C40H22O. The Labute approximate surface area is 252 Å². The minimum absolute atomic E-state index is 0.0583. The van der Waals surface area contributed by atoms with Gasteiger partial charge in [0, 0.05) is 16.3 Å². The van der Waals surface area contributed by atoms with Crippen molar-refractivity contribution in [3.05, 3.63) is 133 Å². The summed E-state index contributed by atoms with van der Waals surface area (Å²) in [5.74, 6) is -0.474. The summed E-state index contributed by atoms with van der Waals surface area (Å²) in [5, 5.41) is 3.38. The third kappa shape index (κ3) is 2.70. The Bertz CT molecular complexity index is 3060. The second-order valence-electron chi connectivity index (χ2n) is 10.4. The van der Waals surface area contributed by atoms with Crippen LogP contribution in [-0.2, 0) is 0 Å². The fourth-order valence-corrected chi connectivity index (χ4v) is 6.65. The molecule has 0 spiro atoms. The van der Waals surface area contributed by atoms with Crippen molar-refractivity contribution in [1.29, 1.82) is 0 Å². The molecule has 0 fully saturated rings. The predicted molar refractivity (Wildman–Crippen MR) is 172 cm³/mol. The summed E-state index contributed by atoms with van der Waals surface area (Å²) in [6.07, 6.45) is 0. The molecule has 0 bridgehead atoms. The van der Waals surface area contributed by atoms with Crippen LogP contribution in [0.25, 0.3) is 87.6 Å². The van der Waals surface area contributed by atoms with Crippen LogP contribution in [0.3, 0.4) is 0 Å². The smallest absolute Gasteiger partial charge is 0.143 e. The summed E-state index contributed by atoms with van der Waals surface area (Å²) >= 11 is 0. The van der Waals surface area contributed by atoms with Crippen LogP contribution in [0, 0.1) is 0 Å². The molecule has 1 aliphatic heterocycles. The highest BCUT2D eigenvalue weighted by atomic mass is 16.5. The number of ether oxygens (including phenoxy) is 1. The van der Waals surface area contributed by atoms with Crippen LogP contribution in [0.1, 0.15) is 15.1 Å². The summed E-state index contributed by atoms with van der Waals surface area (Å²) in [7, 11) is 0. The van der Waals surface area contributed by atoms with Crippen molar-refractivity contribution >= 4 is 43.1 Å². The van der Waals surface area contributed by atoms with Gasteiger partial charge in [-0.15, -0.1) is 0 Å². The summed E-state index contributed by atoms with van der Waals surface area (Å²) < 4.78 is 105. The average Bonchev–Trinajstić information content (AvgIpc) is 3.47. The number of benzene rings is 8. The van der Waals surface area contributed by atoms with Crippen LogP contribution in [0.15, 0.2) is 133 Å². The first-order valence-electron chi connectivity index (χ1n) is 18.8. The van der Waals surface area contributed by atoms with Gasteiger partial charge in [-0.2, -0.15) is 0 Å². The molecule has 8 aromatic rings. The van der Waals surface area contributed by atoms with E-state index in [0.29, 0.717) is 5.56 Å². The van der Waals surface area contributed by atoms with Gasteiger partial charge in [0.05, 0.1) is 15.1 Å². The highest BCUT2D eigenvalue weighted by molar-refractivity contribution is 6.25. The van der Waals surface area contributed by atoms with Crippen LogP contribution in [0.4, 0.5) is 0 Å². The first-order valence-corrected chi connectivity index (χ1v) is 13.3. The van der Waals surface area contributed by atoms with E-state index in [9.17, 15) is 5.48 Å². The first kappa shape index (κ1) is 13.8. The fourth-order valence-electron chi connectivity index (χ4n) is 6.65. The Morgan fingerprint density at radius 1 is 0.439 bits per heavy atom. The molecule has 0 saturated heterocycles. The van der Waals surface area contributed by atoms with Gasteiger partial charge >= 0.3 is 0 Å². The number of fused-ring (bicyclic) bond motifs is 8. The molecule has 0 N–H and O–H groups in total. The predicted octanol–water partition coefficient (Wildman–Crippen LogP) is 11.4. The number of hydrogen-bond donors (Lipinski definition) is 0. The molecule has 2 aliphatic rings. The molecule has 0 amide bonds. The molecule has 1 heterocycles. The molecule has 0 atom stereocenters. The van der Waals surface area contributed by atoms with Crippen molar-refractivity contribution in [3.8, 4) is 56.0 Å². The van der Waals surface area contributed by atoms with Gasteiger partial charge < -0.3 is 4.74 Å². The zero-order chi connectivity index (χ0) is 36.2. The van der Waals surface area contributed by atoms with Crippen molar-refractivity contribution in [2.45, 2.75) is 0 Å². The van der Waals surface area contributed by atoms with E-state index in [-0.39, 0.29) is 61.8 Å². The lowest BCUT2D eigenvalue weighted by Gasteiger charge is -2.25. The van der Waals surface area contributed by atoms with E-state index in [1.54, 1.807) is 0 Å². The summed E-state index contributed by atoms with van der Waals surface area (Å²) in [5.41, 5.74) is 4.25. The molecule has 0 aromatic heterocycles. The SMILES string of the molecule is [2H]c1c([2H])c([2H])c2c3c(c([2H])c([2H])c2c1[2H])-c1c([2H])c([2H])c([2H])c2c(-c4c5c(cc6ccccc46)-c4cccc6cccc-5c46)c([2H])c([2H])c(c12)O3. The van der Waals surface area contributed by atoms with Gasteiger partial charge in [-0.25, -0.2) is 0 Å². The lowest BCUT2D eigenvalue weighted by Crippen LogP contribution is -1.99. The van der Waals surface area contributed by atoms with E-state index in [1.165, 1.54) is 0 Å². The minimum Gasteiger partial charge on any atom is -0.455 e. The molecule has 8 aromatic carbocycles. The van der Waals surface area contributed by atoms with Crippen molar-refractivity contribution in [2.75, 3.05) is 0 Å². The molecular weight excluding hydrogens is 496 g/mol. The zero-order valence-electron chi connectivity index (χ0n) is 32.3. The molecule has 1 heteroatoms. The van der Waals surface area contributed by atoms with Crippen LogP contribution in [0.2, 0.25) is 0 Å². The fraction of sp³-hybridized carbons (Fsp3) is 0. The van der Waals surface area contributed by atoms with Gasteiger partial charge in [-0.1, -0.05) is 109 Å². The van der Waals surface area contributed by atoms with Gasteiger partial charge in [0.25, 0.3) is 0 Å². The van der Waals surface area contributed by atoms with Crippen LogP contribution in [0.5, 0.6) is 11.5 Å². The maximum absolute atomic E-state index is 9.63. The van der Waals surface area contributed by atoms with E-state index in [2.05, 4.69) is 6.07 Å². The van der Waals surface area contributed by atoms with Crippen molar-refractivity contribution in [3.63, 3.8) is 0 Å². The molecule has 1 aliphatic carbocycles. The van der Waals surface area contributed by atoms with Crippen LogP contribution >= 0.6 is 0 Å². The molecule has 0 saturated carbocycles. The molecule has 0 radical (unpaired) electrons. The lowest BCUT2D eigenvalue weighted by atomic mass is 9.84. The Morgan fingerprint density at radius 3 is 2.20 bits per heavy atom. The van der Waals surface area contributed by atoms with Gasteiger partial charge in [0.2, 0.25) is 0 Å². The molecule has 188 valence electrons. The summed E-state index contributed by atoms with van der Waals surface area (Å²) in [4.78, 5) is 0. The highest BCUT2D eigenvalue weighted by Crippen LogP contribution is 2.56. The Morgan fingerprint density at radius 2 is 1.24 bits per heavy atom. The molecule has 0 unspecified atom stereocenters. The second-order valence-corrected chi connectivity index (χ2v) is 10.4. The van der Waals surface area contributed by atoms with Crippen LogP contribution < -0.4 is 4.74 Å². The quantitative estimate of drug-likeness (QED) is 0.205. The molecule has 10 rings (SSSR count). The van der Waals surface area contributed by atoms with E-state index in [1.807, 2.05) is 60.7 Å². The first-order chi connectivity index (χ1) is 24.9. The van der Waals surface area contributed by atoms with Crippen molar-refractivity contribution < 1.29 is 19.8 Å². The Kier molecular flexibility index (Phi) is 2.56. The van der Waals surface area contributed by atoms with E-state index < -0.39 is 54.4 Å². The number of rotatable bonds is 1. The van der Waals surface area contributed by atoms with E-state index in [0.717, 1.165) is 43.8 Å². The Hall–Kier alpha value is -5.40. The lowest BCUT2D eigenvalue weighted by molar-refractivity contribution is 0.493. The molecule has 41 heavy (non-hydrogen) atoms. The maximum Gasteiger partial charge on any atom is 0.143 e. The third-order valence-corrected chi connectivity index (χ3v) is 8.32. The van der Waals surface area contributed by atoms with Gasteiger partial charge in [0.15, 0.2) is 0 Å². The average molecular weight is 530 g/mol. The highest BCUT2D eigenvalue weighted by Gasteiger charge is 2.29. The normalized spacial score (nSPS) is 16.3. The summed E-state index contributed by atoms with van der Waals surface area (Å²) in [6.45, 7) is 0. The minimum atomic E-state index is -0.589. The molecule has 1 nitrogen and oxygen atoms in total. The van der Waals surface area contributed by atoms with Gasteiger partial charge in [-0.05, 0) is 95.5 Å². The van der Waals surface area contributed by atoms with Crippen molar-refractivity contribution in [1.82, 2.24) is 0 Å². The second kappa shape index (κ2) is 7.62. The maximum atomic E-state index is 9.63. The van der Waals surface area contributed by atoms with Crippen molar-refractivity contribution in [2.24, 2.45) is 0 Å². The zero-order valence-corrected chi connectivity index (χ0v) is 21.3. The van der Waals surface area contributed by atoms with Crippen LogP contribution in [-0.4, -0.2) is 0 Å². The summed E-state index contributed by atoms with van der Waals surface area (Å²) in [6, 6.07) is 16.7. The van der Waals surface area contributed by atoms with E-state index >= 15 is 0 Å². The topological polar surface area (TPSA) is 9.23 Å². The largest absolute Gasteiger partial charge is 0.455 e. The number of hydrogen-bond acceptors (Lipinski definition) is 1. The third-order valence-electron chi connectivity index (χ3n) is 8.32. The standard InChI is InChI=1S/C40H22O/c1-4-13-27-23(8-1)18-19-32-29-16-7-15-28-31(20-21-35(37(28)29)41-40(27)32)38-26-12-3-2-9-25(26)22-34-30-14-5-10-24-11-6-17-33(36(24)30)39(34)38/h1-22H/i1D,4D,7D,8D,13D,15D,16D,18D,19D,20D,21D. The Balaban J connectivity index is 1.44. The van der Waals surface area contributed by atoms with Gasteiger partial charge in [-0.3, -0.25) is 0 Å². The monoisotopic (exact) mass is 529 g/mol. The van der Waals surface area contributed by atoms with E-state index in [4.69, 9.17) is 14.3 Å². The van der Waals surface area contributed by atoms with Gasteiger partial charge in [0.1, 0.15) is 11.5 Å².